The smallest absolute Gasteiger partial charge is 0.307 e. The van der Waals surface area contributed by atoms with Gasteiger partial charge in [0.15, 0.2) is 5.82 Å². The number of aliphatic carboxylic acids is 1. The highest BCUT2D eigenvalue weighted by atomic mass is 16.5. The van der Waals surface area contributed by atoms with Gasteiger partial charge in [-0.1, -0.05) is 5.16 Å². The molecule has 0 aliphatic heterocycles. The number of methoxy groups -OCH3 is 1. The monoisotopic (exact) mass is 212 g/mol. The fraction of sp³-hybridized carbons (Fsp3) is 0.667. The van der Waals surface area contributed by atoms with Gasteiger partial charge in [0, 0.05) is 7.11 Å². The van der Waals surface area contributed by atoms with Crippen LogP contribution >= 0.6 is 0 Å². The molecule has 0 radical (unpaired) electrons. The maximum Gasteiger partial charge on any atom is 0.307 e. The lowest BCUT2D eigenvalue weighted by Crippen LogP contribution is -2.00. The second-order valence-electron chi connectivity index (χ2n) is 3.66. The van der Waals surface area contributed by atoms with Crippen LogP contribution in [0.25, 0.3) is 0 Å². The SMILES string of the molecule is COC(C)c1noc(C2CC2C(=O)O)n1. The van der Waals surface area contributed by atoms with Crippen LogP contribution in [-0.2, 0) is 9.53 Å². The summed E-state index contributed by atoms with van der Waals surface area (Å²) in [6, 6.07) is 0. The van der Waals surface area contributed by atoms with E-state index in [1.807, 2.05) is 0 Å². The molecule has 0 amide bonds. The van der Waals surface area contributed by atoms with E-state index in [1.165, 1.54) is 0 Å². The molecule has 0 aromatic carbocycles. The van der Waals surface area contributed by atoms with E-state index in [9.17, 15) is 4.79 Å². The summed E-state index contributed by atoms with van der Waals surface area (Å²) >= 11 is 0. The molecule has 1 aromatic heterocycles. The summed E-state index contributed by atoms with van der Waals surface area (Å²) in [6.45, 7) is 1.80. The van der Waals surface area contributed by atoms with Crippen molar-refractivity contribution < 1.29 is 19.2 Å². The van der Waals surface area contributed by atoms with Gasteiger partial charge in [0.25, 0.3) is 0 Å². The Morgan fingerprint density at radius 3 is 3.00 bits per heavy atom. The third-order valence-electron chi connectivity index (χ3n) is 2.60. The van der Waals surface area contributed by atoms with Crippen LogP contribution in [0.5, 0.6) is 0 Å². The Bertz CT molecular complexity index is 376. The van der Waals surface area contributed by atoms with Gasteiger partial charge in [0.05, 0.1) is 11.8 Å². The summed E-state index contributed by atoms with van der Waals surface area (Å²) in [6.07, 6.45) is 0.350. The van der Waals surface area contributed by atoms with Crippen molar-refractivity contribution in [3.63, 3.8) is 0 Å². The largest absolute Gasteiger partial charge is 0.481 e. The summed E-state index contributed by atoms with van der Waals surface area (Å²) in [4.78, 5) is 14.7. The van der Waals surface area contributed by atoms with Gasteiger partial charge in [0.2, 0.25) is 5.89 Å². The van der Waals surface area contributed by atoms with Crippen LogP contribution in [0.1, 0.15) is 37.1 Å². The van der Waals surface area contributed by atoms with E-state index >= 15 is 0 Å². The topological polar surface area (TPSA) is 85.5 Å². The summed E-state index contributed by atoms with van der Waals surface area (Å²) in [7, 11) is 1.55. The number of carboxylic acids is 1. The van der Waals surface area contributed by atoms with E-state index in [4.69, 9.17) is 14.4 Å². The average Bonchev–Trinajstić information content (AvgIpc) is 2.88. The Labute approximate surface area is 86.2 Å². The number of hydrogen-bond donors (Lipinski definition) is 1. The predicted molar refractivity (Wildman–Crippen MR) is 48.2 cm³/mol. The van der Waals surface area contributed by atoms with Crippen LogP contribution in [0, 0.1) is 5.92 Å². The van der Waals surface area contributed by atoms with Gasteiger partial charge in [-0.15, -0.1) is 0 Å². The molecule has 1 N–H and O–H groups in total. The highest BCUT2D eigenvalue weighted by Crippen LogP contribution is 2.46. The second kappa shape index (κ2) is 3.62. The lowest BCUT2D eigenvalue weighted by molar-refractivity contribution is -0.138. The third-order valence-corrected chi connectivity index (χ3v) is 2.60. The minimum atomic E-state index is -0.806. The minimum absolute atomic E-state index is 0.118. The molecule has 1 aromatic rings. The van der Waals surface area contributed by atoms with E-state index in [1.54, 1.807) is 14.0 Å². The van der Waals surface area contributed by atoms with E-state index < -0.39 is 5.97 Å². The number of carbonyl (C=O) groups is 1. The Kier molecular flexibility index (Phi) is 2.44. The molecular weight excluding hydrogens is 200 g/mol. The number of carboxylic acid groups (broad SMARTS) is 1. The first kappa shape index (κ1) is 10.1. The van der Waals surface area contributed by atoms with Crippen molar-refractivity contribution in [2.24, 2.45) is 5.92 Å². The van der Waals surface area contributed by atoms with Crippen molar-refractivity contribution >= 4 is 5.97 Å². The summed E-state index contributed by atoms with van der Waals surface area (Å²) in [5.74, 6) is -0.423. The van der Waals surface area contributed by atoms with E-state index in [0.29, 0.717) is 18.1 Å². The Morgan fingerprint density at radius 1 is 1.73 bits per heavy atom. The predicted octanol–water partition coefficient (Wildman–Crippen LogP) is 0.965. The second-order valence-corrected chi connectivity index (χ2v) is 3.66. The molecule has 3 unspecified atom stereocenters. The first-order valence-electron chi connectivity index (χ1n) is 4.72. The molecule has 82 valence electrons. The Balaban J connectivity index is 2.06. The van der Waals surface area contributed by atoms with Crippen LogP contribution in [0.4, 0.5) is 0 Å². The number of hydrogen-bond acceptors (Lipinski definition) is 5. The standard InChI is InChI=1S/C9H12N2O4/c1-4(14-2)7-10-8(15-11-7)5-3-6(5)9(12)13/h4-6H,3H2,1-2H3,(H,12,13). The summed E-state index contributed by atoms with van der Waals surface area (Å²) < 4.78 is 10.0. The molecule has 1 aliphatic rings. The fourth-order valence-corrected chi connectivity index (χ4v) is 1.41. The molecule has 2 rings (SSSR count). The molecule has 3 atom stereocenters. The molecule has 6 heteroatoms. The van der Waals surface area contributed by atoms with E-state index in [-0.39, 0.29) is 17.9 Å². The molecule has 0 saturated heterocycles. The van der Waals surface area contributed by atoms with Crippen molar-refractivity contribution in [3.8, 4) is 0 Å². The van der Waals surface area contributed by atoms with Gasteiger partial charge in [-0.3, -0.25) is 4.79 Å². The van der Waals surface area contributed by atoms with Crippen LogP contribution in [-0.4, -0.2) is 28.3 Å². The molecule has 1 heterocycles. The number of ether oxygens (including phenoxy) is 1. The van der Waals surface area contributed by atoms with Gasteiger partial charge in [-0.2, -0.15) is 4.98 Å². The molecule has 0 spiro atoms. The zero-order chi connectivity index (χ0) is 11.0. The lowest BCUT2D eigenvalue weighted by atomic mass is 10.3. The highest BCUT2D eigenvalue weighted by Gasteiger charge is 2.48. The zero-order valence-corrected chi connectivity index (χ0v) is 8.51. The van der Waals surface area contributed by atoms with Gasteiger partial charge in [0.1, 0.15) is 6.10 Å². The van der Waals surface area contributed by atoms with Gasteiger partial charge >= 0.3 is 5.97 Å². The van der Waals surface area contributed by atoms with Gasteiger partial charge < -0.3 is 14.4 Å². The van der Waals surface area contributed by atoms with Crippen molar-refractivity contribution in [1.82, 2.24) is 10.1 Å². The van der Waals surface area contributed by atoms with Crippen LogP contribution in [0.15, 0.2) is 4.52 Å². The van der Waals surface area contributed by atoms with Gasteiger partial charge in [-0.25, -0.2) is 0 Å². The molecule has 1 aliphatic carbocycles. The molecular formula is C9H12N2O4. The molecule has 15 heavy (non-hydrogen) atoms. The van der Waals surface area contributed by atoms with Crippen molar-refractivity contribution in [2.75, 3.05) is 7.11 Å². The zero-order valence-electron chi connectivity index (χ0n) is 8.51. The Morgan fingerprint density at radius 2 is 2.47 bits per heavy atom. The maximum absolute atomic E-state index is 10.6. The third kappa shape index (κ3) is 1.85. The number of rotatable bonds is 4. The Hall–Kier alpha value is -1.43. The minimum Gasteiger partial charge on any atom is -0.481 e. The normalized spacial score (nSPS) is 26.3. The van der Waals surface area contributed by atoms with Crippen LogP contribution in [0.3, 0.4) is 0 Å². The molecule has 1 saturated carbocycles. The molecule has 0 bridgehead atoms. The highest BCUT2D eigenvalue weighted by molar-refractivity contribution is 5.74. The summed E-state index contributed by atoms with van der Waals surface area (Å²) in [5, 5.41) is 12.5. The number of nitrogens with zero attached hydrogens (tertiary/aromatic N) is 2. The molecule has 6 nitrogen and oxygen atoms in total. The fourth-order valence-electron chi connectivity index (χ4n) is 1.41. The van der Waals surface area contributed by atoms with Crippen LogP contribution < -0.4 is 0 Å². The van der Waals surface area contributed by atoms with E-state index in [2.05, 4.69) is 10.1 Å². The first-order chi connectivity index (χ1) is 7.13. The van der Waals surface area contributed by atoms with Crippen molar-refractivity contribution in [2.45, 2.75) is 25.4 Å². The maximum atomic E-state index is 10.6. The number of aromatic nitrogens is 2. The summed E-state index contributed by atoms with van der Waals surface area (Å²) in [5.41, 5.74) is 0. The van der Waals surface area contributed by atoms with Crippen molar-refractivity contribution in [1.29, 1.82) is 0 Å². The van der Waals surface area contributed by atoms with Gasteiger partial charge in [-0.05, 0) is 13.3 Å². The van der Waals surface area contributed by atoms with Crippen molar-refractivity contribution in [3.05, 3.63) is 11.7 Å². The molecule has 1 fully saturated rings. The average molecular weight is 212 g/mol. The quantitative estimate of drug-likeness (QED) is 0.800. The lowest BCUT2D eigenvalue weighted by Gasteiger charge is -2.00. The van der Waals surface area contributed by atoms with Crippen LogP contribution in [0.2, 0.25) is 0 Å². The first-order valence-corrected chi connectivity index (χ1v) is 4.72. The van der Waals surface area contributed by atoms with E-state index in [0.717, 1.165) is 0 Å².